The number of aromatic nitrogens is 3. The second-order valence-electron chi connectivity index (χ2n) is 8.44. The molecule has 0 unspecified atom stereocenters. The summed E-state index contributed by atoms with van der Waals surface area (Å²) in [7, 11) is 1.78. The van der Waals surface area contributed by atoms with E-state index in [1.54, 1.807) is 46.7 Å². The van der Waals surface area contributed by atoms with Crippen molar-refractivity contribution in [3.05, 3.63) is 88.6 Å². The van der Waals surface area contributed by atoms with Crippen LogP contribution in [0.4, 0.5) is 5.00 Å². The summed E-state index contributed by atoms with van der Waals surface area (Å²) in [6, 6.07) is 20.5. The molecule has 0 fully saturated rings. The summed E-state index contributed by atoms with van der Waals surface area (Å²) in [5.74, 6) is -0.151. The van der Waals surface area contributed by atoms with Gasteiger partial charge in [-0.15, -0.1) is 22.7 Å². The van der Waals surface area contributed by atoms with E-state index in [9.17, 15) is 4.79 Å². The van der Waals surface area contributed by atoms with Crippen LogP contribution in [0.15, 0.2) is 66.9 Å². The predicted octanol–water partition coefficient (Wildman–Crippen LogP) is 5.57. The number of carbonyl (C=O) groups excluding carboxylic acids is 1. The first-order chi connectivity index (χ1) is 16.7. The molecule has 34 heavy (non-hydrogen) atoms. The molecule has 4 heterocycles. The molecule has 1 aliphatic rings. The number of amides is 1. The zero-order chi connectivity index (χ0) is 23.1. The Morgan fingerprint density at radius 2 is 1.88 bits per heavy atom. The Kier molecular flexibility index (Phi) is 5.49. The average Bonchev–Trinajstić information content (AvgIpc) is 3.55. The Morgan fingerprint density at radius 1 is 1.06 bits per heavy atom. The maximum Gasteiger partial charge on any atom is 0.274 e. The van der Waals surface area contributed by atoms with Crippen LogP contribution in [0.2, 0.25) is 0 Å². The van der Waals surface area contributed by atoms with Gasteiger partial charge >= 0.3 is 0 Å². The van der Waals surface area contributed by atoms with Gasteiger partial charge in [0.1, 0.15) is 15.7 Å². The van der Waals surface area contributed by atoms with Crippen molar-refractivity contribution in [1.29, 1.82) is 0 Å². The van der Waals surface area contributed by atoms with Crippen LogP contribution >= 0.6 is 22.7 Å². The smallest absolute Gasteiger partial charge is 0.274 e. The zero-order valence-corrected chi connectivity index (χ0v) is 20.3. The standard InChI is InChI=1S/C26H23N5OS2/c1-30-20(11-13-27-30)24(32)29-26-23(25-28-19-9-5-6-10-21(19)33-25)18-12-14-31(16-22(18)34-26)15-17-7-3-2-4-8-17/h2-11,13H,12,14-16H2,1H3,(H,29,32). The summed E-state index contributed by atoms with van der Waals surface area (Å²) in [6.45, 7) is 2.77. The summed E-state index contributed by atoms with van der Waals surface area (Å²) in [5.41, 5.74) is 5.24. The number of fused-ring (bicyclic) bond motifs is 2. The van der Waals surface area contributed by atoms with Crippen LogP contribution in [-0.4, -0.2) is 32.1 Å². The zero-order valence-electron chi connectivity index (χ0n) is 18.7. The first-order valence-electron chi connectivity index (χ1n) is 11.2. The number of rotatable bonds is 5. The molecule has 1 N–H and O–H groups in total. The van der Waals surface area contributed by atoms with Crippen LogP contribution in [0.25, 0.3) is 20.8 Å². The molecule has 0 spiro atoms. The van der Waals surface area contributed by atoms with E-state index in [2.05, 4.69) is 51.7 Å². The molecule has 6 nitrogen and oxygen atoms in total. The Hall–Kier alpha value is -3.33. The molecule has 0 saturated heterocycles. The van der Waals surface area contributed by atoms with E-state index in [0.717, 1.165) is 51.8 Å². The number of para-hydroxylation sites is 1. The van der Waals surface area contributed by atoms with Crippen LogP contribution in [-0.2, 0) is 26.6 Å². The molecule has 0 bridgehead atoms. The summed E-state index contributed by atoms with van der Waals surface area (Å²) in [6.07, 6.45) is 2.58. The van der Waals surface area contributed by atoms with Gasteiger partial charge < -0.3 is 5.32 Å². The number of hydrogen-bond donors (Lipinski definition) is 1. The third-order valence-electron chi connectivity index (χ3n) is 6.17. The minimum atomic E-state index is -0.151. The minimum absolute atomic E-state index is 0.151. The SMILES string of the molecule is Cn1nccc1C(=O)Nc1sc2c(c1-c1nc3ccccc3s1)CCN(Cc1ccccc1)C2. The number of thiophene rings is 1. The van der Waals surface area contributed by atoms with Crippen LogP contribution in [0.1, 0.15) is 26.5 Å². The highest BCUT2D eigenvalue weighted by atomic mass is 32.1. The van der Waals surface area contributed by atoms with Gasteiger partial charge in [-0.1, -0.05) is 42.5 Å². The van der Waals surface area contributed by atoms with Crippen LogP contribution in [0.5, 0.6) is 0 Å². The van der Waals surface area contributed by atoms with E-state index >= 15 is 0 Å². The first kappa shape index (κ1) is 21.2. The van der Waals surface area contributed by atoms with Gasteiger partial charge in [0.05, 0.1) is 10.2 Å². The molecule has 2 aromatic carbocycles. The van der Waals surface area contributed by atoms with Crippen LogP contribution < -0.4 is 5.32 Å². The highest BCUT2D eigenvalue weighted by Gasteiger charge is 2.28. The summed E-state index contributed by atoms with van der Waals surface area (Å²) < 4.78 is 2.75. The Labute approximate surface area is 205 Å². The molecule has 8 heteroatoms. The number of thiazole rings is 1. The molecule has 0 aliphatic carbocycles. The highest BCUT2D eigenvalue weighted by molar-refractivity contribution is 7.23. The number of carbonyl (C=O) groups is 1. The molecule has 0 radical (unpaired) electrons. The summed E-state index contributed by atoms with van der Waals surface area (Å²) in [5, 5.41) is 9.17. The van der Waals surface area contributed by atoms with Gasteiger partial charge in [-0.2, -0.15) is 5.10 Å². The van der Waals surface area contributed by atoms with Crippen molar-refractivity contribution in [2.45, 2.75) is 19.5 Å². The van der Waals surface area contributed by atoms with Gasteiger partial charge in [-0.25, -0.2) is 4.98 Å². The monoisotopic (exact) mass is 485 g/mol. The van der Waals surface area contributed by atoms with Crippen molar-refractivity contribution in [2.75, 3.05) is 11.9 Å². The average molecular weight is 486 g/mol. The number of nitrogens with zero attached hydrogens (tertiary/aromatic N) is 4. The lowest BCUT2D eigenvalue weighted by Crippen LogP contribution is -2.29. The largest absolute Gasteiger partial charge is 0.312 e. The van der Waals surface area contributed by atoms with E-state index in [-0.39, 0.29) is 5.91 Å². The molecule has 1 aliphatic heterocycles. The fraction of sp³-hybridized carbons (Fsp3) is 0.192. The van der Waals surface area contributed by atoms with E-state index in [0.29, 0.717) is 5.69 Å². The molecule has 0 atom stereocenters. The number of anilines is 1. The first-order valence-corrected chi connectivity index (χ1v) is 12.8. The molecule has 6 rings (SSSR count). The highest BCUT2D eigenvalue weighted by Crippen LogP contribution is 2.46. The molecular formula is C26H23N5OS2. The Morgan fingerprint density at radius 3 is 2.68 bits per heavy atom. The molecule has 3 aromatic heterocycles. The third-order valence-corrected chi connectivity index (χ3v) is 8.36. The van der Waals surface area contributed by atoms with Crippen LogP contribution in [0.3, 0.4) is 0 Å². The fourth-order valence-corrected chi connectivity index (χ4v) is 6.89. The fourth-order valence-electron chi connectivity index (χ4n) is 4.49. The van der Waals surface area contributed by atoms with Gasteiger partial charge in [0, 0.05) is 43.3 Å². The molecule has 0 saturated carbocycles. The lowest BCUT2D eigenvalue weighted by molar-refractivity contribution is 0.101. The van der Waals surface area contributed by atoms with Crippen molar-refractivity contribution in [2.24, 2.45) is 7.05 Å². The van der Waals surface area contributed by atoms with E-state index in [1.807, 2.05) is 18.2 Å². The predicted molar refractivity (Wildman–Crippen MR) is 138 cm³/mol. The van der Waals surface area contributed by atoms with Gasteiger partial charge in [0.2, 0.25) is 0 Å². The second kappa shape index (κ2) is 8.79. The van der Waals surface area contributed by atoms with E-state index in [4.69, 9.17) is 4.98 Å². The van der Waals surface area contributed by atoms with Crippen LogP contribution in [0, 0.1) is 0 Å². The molecule has 5 aromatic rings. The molecule has 1 amide bonds. The lowest BCUT2D eigenvalue weighted by atomic mass is 10.0. The molecular weight excluding hydrogens is 462 g/mol. The minimum Gasteiger partial charge on any atom is -0.312 e. The van der Waals surface area contributed by atoms with Gasteiger partial charge in [0.15, 0.2) is 0 Å². The number of aryl methyl sites for hydroxylation is 1. The van der Waals surface area contributed by atoms with E-state index in [1.165, 1.54) is 16.0 Å². The van der Waals surface area contributed by atoms with Gasteiger partial charge in [0.25, 0.3) is 5.91 Å². The Bertz CT molecular complexity index is 1450. The number of benzene rings is 2. The Balaban J connectivity index is 1.38. The van der Waals surface area contributed by atoms with Crippen molar-refractivity contribution in [3.63, 3.8) is 0 Å². The lowest BCUT2D eigenvalue weighted by Gasteiger charge is -2.27. The van der Waals surface area contributed by atoms with Gasteiger partial charge in [-0.3, -0.25) is 14.4 Å². The summed E-state index contributed by atoms with van der Waals surface area (Å²) >= 11 is 3.36. The van der Waals surface area contributed by atoms with Gasteiger partial charge in [-0.05, 0) is 35.7 Å². The second-order valence-corrected chi connectivity index (χ2v) is 10.6. The number of hydrogen-bond acceptors (Lipinski definition) is 6. The normalized spacial score (nSPS) is 13.8. The van der Waals surface area contributed by atoms with E-state index < -0.39 is 0 Å². The van der Waals surface area contributed by atoms with Crippen molar-refractivity contribution in [1.82, 2.24) is 19.7 Å². The number of nitrogens with one attached hydrogen (secondary N) is 1. The maximum absolute atomic E-state index is 13.1. The third kappa shape index (κ3) is 3.94. The topological polar surface area (TPSA) is 63.1 Å². The quantitative estimate of drug-likeness (QED) is 0.354. The van der Waals surface area contributed by atoms with Crippen molar-refractivity contribution < 1.29 is 4.79 Å². The van der Waals surface area contributed by atoms with Crippen molar-refractivity contribution >= 4 is 43.8 Å². The maximum atomic E-state index is 13.1. The molecule has 170 valence electrons. The van der Waals surface area contributed by atoms with Crippen molar-refractivity contribution in [3.8, 4) is 10.6 Å². The summed E-state index contributed by atoms with van der Waals surface area (Å²) in [4.78, 5) is 21.8.